The van der Waals surface area contributed by atoms with Gasteiger partial charge in [-0.05, 0) is 42.7 Å². The molecule has 1 amide bonds. The van der Waals surface area contributed by atoms with Gasteiger partial charge in [0.05, 0.1) is 5.02 Å². The smallest absolute Gasteiger partial charge is 0.251 e. The first-order valence-corrected chi connectivity index (χ1v) is 8.06. The van der Waals surface area contributed by atoms with Crippen molar-refractivity contribution in [2.75, 3.05) is 13.2 Å². The molecule has 2 heterocycles. The van der Waals surface area contributed by atoms with Crippen LogP contribution in [0.25, 0.3) is 11.4 Å². The predicted molar refractivity (Wildman–Crippen MR) is 89.7 cm³/mol. The molecule has 3 rings (SSSR count). The van der Waals surface area contributed by atoms with Crippen LogP contribution in [0.1, 0.15) is 29.6 Å². The first-order chi connectivity index (χ1) is 11.6. The van der Waals surface area contributed by atoms with E-state index < -0.39 is 0 Å². The van der Waals surface area contributed by atoms with E-state index in [1.54, 1.807) is 18.2 Å². The van der Waals surface area contributed by atoms with Crippen LogP contribution >= 0.6 is 11.6 Å². The molecule has 0 spiro atoms. The molecule has 0 unspecified atom stereocenters. The summed E-state index contributed by atoms with van der Waals surface area (Å²) in [5, 5.41) is 17.2. The van der Waals surface area contributed by atoms with Gasteiger partial charge in [0.2, 0.25) is 5.82 Å². The van der Waals surface area contributed by atoms with Crippen LogP contribution in [0.4, 0.5) is 0 Å². The monoisotopic (exact) mass is 347 g/mol. The van der Waals surface area contributed by atoms with E-state index in [1.807, 2.05) is 6.08 Å². The Balaban J connectivity index is 1.79. The molecule has 8 heteroatoms. The average Bonchev–Trinajstić information content (AvgIpc) is 3.10. The molecular weight excluding hydrogens is 330 g/mol. The largest absolute Gasteiger partial charge is 0.381 e. The van der Waals surface area contributed by atoms with Gasteiger partial charge in [-0.1, -0.05) is 17.7 Å². The zero-order valence-electron chi connectivity index (χ0n) is 13.1. The second kappa shape index (κ2) is 7.11. The van der Waals surface area contributed by atoms with E-state index in [0.29, 0.717) is 41.6 Å². The molecule has 2 N–H and O–H groups in total. The fourth-order valence-corrected chi connectivity index (χ4v) is 3.11. The normalized spacial score (nSPS) is 16.5. The highest BCUT2D eigenvalue weighted by molar-refractivity contribution is 6.33. The molecule has 7 nitrogen and oxygen atoms in total. The molecule has 0 saturated carbocycles. The fraction of sp³-hybridized carbons (Fsp3) is 0.375. The van der Waals surface area contributed by atoms with Gasteiger partial charge in [-0.25, -0.2) is 0 Å². The van der Waals surface area contributed by atoms with Gasteiger partial charge >= 0.3 is 0 Å². The van der Waals surface area contributed by atoms with E-state index in [-0.39, 0.29) is 11.4 Å². The highest BCUT2D eigenvalue weighted by Gasteiger charge is 2.33. The van der Waals surface area contributed by atoms with Crippen molar-refractivity contribution in [3.05, 3.63) is 41.4 Å². The van der Waals surface area contributed by atoms with Crippen molar-refractivity contribution in [1.82, 2.24) is 25.9 Å². The Hall–Kier alpha value is -2.25. The Labute approximate surface area is 144 Å². The second-order valence-corrected chi connectivity index (χ2v) is 6.18. The SMILES string of the molecule is C=CCC1(NC(=O)c2ccc(-c3nn[nH]n3)c(Cl)c2)CCOCC1. The molecule has 126 valence electrons. The Morgan fingerprint density at radius 1 is 1.46 bits per heavy atom. The van der Waals surface area contributed by atoms with Crippen LogP contribution in [0.3, 0.4) is 0 Å². The van der Waals surface area contributed by atoms with Gasteiger partial charge in [0, 0.05) is 29.9 Å². The predicted octanol–water partition coefficient (Wildman–Crippen LogP) is 2.38. The first-order valence-electron chi connectivity index (χ1n) is 7.68. The minimum atomic E-state index is -0.310. The van der Waals surface area contributed by atoms with Crippen molar-refractivity contribution in [2.45, 2.75) is 24.8 Å². The zero-order valence-corrected chi connectivity index (χ0v) is 13.8. The Kier molecular flexibility index (Phi) is 4.92. The van der Waals surface area contributed by atoms with Gasteiger partial charge < -0.3 is 10.1 Å². The molecule has 24 heavy (non-hydrogen) atoms. The van der Waals surface area contributed by atoms with E-state index in [4.69, 9.17) is 16.3 Å². The second-order valence-electron chi connectivity index (χ2n) is 5.77. The average molecular weight is 348 g/mol. The summed E-state index contributed by atoms with van der Waals surface area (Å²) in [4.78, 5) is 12.6. The van der Waals surface area contributed by atoms with Crippen LogP contribution in [-0.2, 0) is 4.74 Å². The lowest BCUT2D eigenvalue weighted by Crippen LogP contribution is -2.51. The number of rotatable bonds is 5. The van der Waals surface area contributed by atoms with Gasteiger partial charge in [0.15, 0.2) is 0 Å². The van der Waals surface area contributed by atoms with Crippen molar-refractivity contribution >= 4 is 17.5 Å². The first kappa shape index (κ1) is 16.6. The third-order valence-electron chi connectivity index (χ3n) is 4.18. The topological polar surface area (TPSA) is 92.8 Å². The zero-order chi connectivity index (χ0) is 17.0. The number of tetrazole rings is 1. The summed E-state index contributed by atoms with van der Waals surface area (Å²) in [5.74, 6) is 0.222. The maximum Gasteiger partial charge on any atom is 0.251 e. The number of halogens is 1. The molecule has 1 aliphatic rings. The fourth-order valence-electron chi connectivity index (χ4n) is 2.85. The van der Waals surface area contributed by atoms with E-state index >= 15 is 0 Å². The minimum absolute atomic E-state index is 0.166. The molecule has 1 saturated heterocycles. The molecule has 0 atom stereocenters. The number of amides is 1. The van der Waals surface area contributed by atoms with Crippen molar-refractivity contribution in [2.24, 2.45) is 0 Å². The van der Waals surface area contributed by atoms with E-state index in [9.17, 15) is 4.79 Å². The Bertz CT molecular complexity index is 726. The lowest BCUT2D eigenvalue weighted by molar-refractivity contribution is 0.0369. The van der Waals surface area contributed by atoms with E-state index in [1.165, 1.54) is 0 Å². The molecule has 0 radical (unpaired) electrons. The Morgan fingerprint density at radius 3 is 2.88 bits per heavy atom. The molecule has 2 aromatic rings. The van der Waals surface area contributed by atoms with Gasteiger partial charge in [-0.15, -0.1) is 16.8 Å². The summed E-state index contributed by atoms with van der Waals surface area (Å²) in [6.45, 7) is 5.06. The number of hydrogen-bond acceptors (Lipinski definition) is 5. The number of nitrogens with zero attached hydrogens (tertiary/aromatic N) is 3. The van der Waals surface area contributed by atoms with Crippen LogP contribution in [0.2, 0.25) is 5.02 Å². The number of hydrogen-bond donors (Lipinski definition) is 2. The molecule has 1 fully saturated rings. The summed E-state index contributed by atoms with van der Waals surface area (Å²) >= 11 is 6.27. The highest BCUT2D eigenvalue weighted by Crippen LogP contribution is 2.28. The third-order valence-corrected chi connectivity index (χ3v) is 4.49. The molecule has 1 aromatic carbocycles. The van der Waals surface area contributed by atoms with Crippen molar-refractivity contribution < 1.29 is 9.53 Å². The number of aromatic amines is 1. The quantitative estimate of drug-likeness (QED) is 0.810. The summed E-state index contributed by atoms with van der Waals surface area (Å²) in [6.07, 6.45) is 4.06. The third kappa shape index (κ3) is 3.47. The van der Waals surface area contributed by atoms with Gasteiger partial charge in [-0.3, -0.25) is 4.79 Å². The summed E-state index contributed by atoms with van der Waals surface area (Å²) in [5.41, 5.74) is 0.798. The van der Waals surface area contributed by atoms with Crippen molar-refractivity contribution in [3.63, 3.8) is 0 Å². The molecule has 0 aliphatic carbocycles. The van der Waals surface area contributed by atoms with Crippen molar-refractivity contribution in [3.8, 4) is 11.4 Å². The summed E-state index contributed by atoms with van der Waals surface area (Å²) in [7, 11) is 0. The van der Waals surface area contributed by atoms with Gasteiger partial charge in [-0.2, -0.15) is 5.21 Å². The van der Waals surface area contributed by atoms with Gasteiger partial charge in [0.1, 0.15) is 0 Å². The lowest BCUT2D eigenvalue weighted by atomic mass is 9.86. The molecule has 0 bridgehead atoms. The number of aromatic nitrogens is 4. The van der Waals surface area contributed by atoms with E-state index in [0.717, 1.165) is 12.8 Å². The standard InChI is InChI=1S/C16H18ClN5O2/c1-2-5-16(6-8-24-9-7-16)18-15(23)11-3-4-12(13(17)10-11)14-19-21-22-20-14/h2-4,10H,1,5-9H2,(H,18,23)(H,19,20,21,22). The molecule has 1 aromatic heterocycles. The van der Waals surface area contributed by atoms with Crippen LogP contribution in [0.5, 0.6) is 0 Å². The van der Waals surface area contributed by atoms with E-state index in [2.05, 4.69) is 32.5 Å². The maximum absolute atomic E-state index is 12.6. The number of H-pyrrole nitrogens is 1. The number of nitrogens with one attached hydrogen (secondary N) is 2. The van der Waals surface area contributed by atoms with Crippen LogP contribution in [0.15, 0.2) is 30.9 Å². The minimum Gasteiger partial charge on any atom is -0.381 e. The maximum atomic E-state index is 12.6. The summed E-state index contributed by atoms with van der Waals surface area (Å²) < 4.78 is 5.41. The molecule has 1 aliphatic heterocycles. The highest BCUT2D eigenvalue weighted by atomic mass is 35.5. The van der Waals surface area contributed by atoms with Crippen LogP contribution in [0, 0.1) is 0 Å². The lowest BCUT2D eigenvalue weighted by Gasteiger charge is -2.37. The number of benzene rings is 1. The number of carbonyl (C=O) groups excluding carboxylic acids is 1. The van der Waals surface area contributed by atoms with Crippen molar-refractivity contribution in [1.29, 1.82) is 0 Å². The van der Waals surface area contributed by atoms with Crippen LogP contribution < -0.4 is 5.32 Å². The van der Waals surface area contributed by atoms with Gasteiger partial charge in [0.25, 0.3) is 5.91 Å². The summed E-state index contributed by atoms with van der Waals surface area (Å²) in [6, 6.07) is 5.03. The van der Waals surface area contributed by atoms with Crippen LogP contribution in [-0.4, -0.2) is 45.3 Å². The Morgan fingerprint density at radius 2 is 2.25 bits per heavy atom. The number of carbonyl (C=O) groups is 1. The number of ether oxygens (including phenoxy) is 1. The molecular formula is C16H18ClN5O2.